The first kappa shape index (κ1) is 12.4. The van der Waals surface area contributed by atoms with Crippen molar-refractivity contribution in [1.82, 2.24) is 0 Å². The van der Waals surface area contributed by atoms with Crippen LogP contribution in [0.15, 0.2) is 24.3 Å². The number of hydrogen-bond acceptors (Lipinski definition) is 3. The van der Waals surface area contributed by atoms with Crippen LogP contribution in [0.4, 0.5) is 4.39 Å². The average molecular weight is 254 g/mol. The summed E-state index contributed by atoms with van der Waals surface area (Å²) in [5, 5.41) is 0.111. The third-order valence-corrected chi connectivity index (χ3v) is 4.07. The third kappa shape index (κ3) is 3.46. The molecule has 2 nitrogen and oxygen atoms in total. The van der Waals surface area contributed by atoms with Gasteiger partial charge in [-0.25, -0.2) is 9.18 Å². The Labute approximate surface area is 105 Å². The number of ether oxygens (including phenoxy) is 1. The molecule has 0 saturated carbocycles. The largest absolute Gasteiger partial charge is 0.461 e. The van der Waals surface area contributed by atoms with E-state index in [1.807, 2.05) is 19.1 Å². The van der Waals surface area contributed by atoms with E-state index in [-0.39, 0.29) is 11.2 Å². The molecule has 1 aromatic rings. The molecule has 17 heavy (non-hydrogen) atoms. The lowest BCUT2D eigenvalue weighted by molar-refractivity contribution is 0.0501. The van der Waals surface area contributed by atoms with Gasteiger partial charge >= 0.3 is 5.97 Å². The molecule has 2 rings (SSSR count). The smallest absolute Gasteiger partial charge is 0.338 e. The lowest BCUT2D eigenvalue weighted by atomic mass is 10.1. The maximum atomic E-state index is 12.9. The second-order valence-corrected chi connectivity index (χ2v) is 5.59. The summed E-state index contributed by atoms with van der Waals surface area (Å²) in [4.78, 5) is 11.7. The summed E-state index contributed by atoms with van der Waals surface area (Å²) in [6, 6.07) is 7.24. The Morgan fingerprint density at radius 3 is 2.76 bits per heavy atom. The highest BCUT2D eigenvalue weighted by atomic mass is 32.2. The summed E-state index contributed by atoms with van der Waals surface area (Å²) in [6.45, 7) is 2.27. The fraction of sp³-hybridized carbons (Fsp3) is 0.462. The van der Waals surface area contributed by atoms with Gasteiger partial charge in [0.25, 0.3) is 0 Å². The van der Waals surface area contributed by atoms with E-state index < -0.39 is 6.17 Å². The predicted molar refractivity (Wildman–Crippen MR) is 67.2 cm³/mol. The van der Waals surface area contributed by atoms with Gasteiger partial charge in [0.2, 0.25) is 0 Å². The zero-order valence-electron chi connectivity index (χ0n) is 9.69. The van der Waals surface area contributed by atoms with Gasteiger partial charge in [-0.3, -0.25) is 0 Å². The van der Waals surface area contributed by atoms with Crippen molar-refractivity contribution >= 4 is 17.7 Å². The zero-order valence-corrected chi connectivity index (χ0v) is 10.5. The molecule has 1 saturated heterocycles. The van der Waals surface area contributed by atoms with Gasteiger partial charge in [0.15, 0.2) is 0 Å². The van der Waals surface area contributed by atoms with Crippen LogP contribution in [0.2, 0.25) is 0 Å². The number of alkyl halides is 1. The molecular weight excluding hydrogens is 239 g/mol. The highest BCUT2D eigenvalue weighted by Gasteiger charge is 2.26. The van der Waals surface area contributed by atoms with Crippen molar-refractivity contribution in [3.05, 3.63) is 35.4 Å². The van der Waals surface area contributed by atoms with Crippen LogP contribution in [-0.4, -0.2) is 29.8 Å². The van der Waals surface area contributed by atoms with E-state index in [0.717, 1.165) is 5.56 Å². The van der Waals surface area contributed by atoms with Crippen LogP contribution in [0.1, 0.15) is 22.3 Å². The van der Waals surface area contributed by atoms with Crippen molar-refractivity contribution < 1.29 is 13.9 Å². The third-order valence-electron chi connectivity index (χ3n) is 2.72. The number of esters is 1. The van der Waals surface area contributed by atoms with Crippen LogP contribution >= 0.6 is 11.8 Å². The molecule has 0 spiro atoms. The highest BCUT2D eigenvalue weighted by Crippen LogP contribution is 2.28. The second-order valence-electron chi connectivity index (χ2n) is 4.25. The SMILES string of the molecule is Cc1ccc(C(=O)OC[C@@H]2C[C@H](F)CS2)cc1. The Morgan fingerprint density at radius 2 is 2.18 bits per heavy atom. The van der Waals surface area contributed by atoms with E-state index >= 15 is 0 Å². The number of halogens is 1. The molecule has 1 heterocycles. The van der Waals surface area contributed by atoms with E-state index in [4.69, 9.17) is 4.74 Å². The topological polar surface area (TPSA) is 26.3 Å². The van der Waals surface area contributed by atoms with Crippen LogP contribution in [-0.2, 0) is 4.74 Å². The average Bonchev–Trinajstić information content (AvgIpc) is 2.73. The summed E-state index contributed by atoms with van der Waals surface area (Å²) in [7, 11) is 0. The van der Waals surface area contributed by atoms with Crippen molar-refractivity contribution in [3.63, 3.8) is 0 Å². The first-order chi connectivity index (χ1) is 8.15. The van der Waals surface area contributed by atoms with Gasteiger partial charge in [0.1, 0.15) is 12.8 Å². The van der Waals surface area contributed by atoms with Crippen LogP contribution in [0.5, 0.6) is 0 Å². The molecule has 0 amide bonds. The molecule has 4 heteroatoms. The lowest BCUT2D eigenvalue weighted by Gasteiger charge is -2.09. The number of hydrogen-bond donors (Lipinski definition) is 0. The number of carbonyl (C=O) groups is 1. The highest BCUT2D eigenvalue weighted by molar-refractivity contribution is 8.00. The Hall–Kier alpha value is -1.03. The van der Waals surface area contributed by atoms with E-state index in [0.29, 0.717) is 24.3 Å². The van der Waals surface area contributed by atoms with Crippen molar-refractivity contribution in [1.29, 1.82) is 0 Å². The van der Waals surface area contributed by atoms with Gasteiger partial charge in [-0.05, 0) is 25.5 Å². The number of thioether (sulfide) groups is 1. The van der Waals surface area contributed by atoms with Crippen LogP contribution in [0, 0.1) is 6.92 Å². The normalized spacial score (nSPS) is 23.6. The van der Waals surface area contributed by atoms with E-state index in [9.17, 15) is 9.18 Å². The molecule has 1 aliphatic heterocycles. The molecule has 1 aliphatic rings. The summed E-state index contributed by atoms with van der Waals surface area (Å²) >= 11 is 1.54. The minimum absolute atomic E-state index is 0.111. The fourth-order valence-electron chi connectivity index (χ4n) is 1.72. The van der Waals surface area contributed by atoms with Gasteiger partial charge in [0, 0.05) is 11.0 Å². The molecule has 0 aliphatic carbocycles. The van der Waals surface area contributed by atoms with Gasteiger partial charge in [-0.15, -0.1) is 0 Å². The molecule has 92 valence electrons. The maximum Gasteiger partial charge on any atom is 0.338 e. The maximum absolute atomic E-state index is 12.9. The van der Waals surface area contributed by atoms with Gasteiger partial charge in [0.05, 0.1) is 5.56 Å². The Kier molecular flexibility index (Phi) is 4.05. The standard InChI is InChI=1S/C13H15FO2S/c1-9-2-4-10(5-3-9)13(15)16-7-12-6-11(14)8-17-12/h2-5,11-12H,6-8H2,1H3/t11-,12-/m0/s1. The van der Waals surface area contributed by atoms with Crippen LogP contribution in [0.25, 0.3) is 0 Å². The summed E-state index contributed by atoms with van der Waals surface area (Å²) in [5.41, 5.74) is 1.66. The Morgan fingerprint density at radius 1 is 1.47 bits per heavy atom. The van der Waals surface area contributed by atoms with E-state index in [2.05, 4.69) is 0 Å². The minimum atomic E-state index is -0.747. The van der Waals surface area contributed by atoms with Crippen molar-refractivity contribution in [3.8, 4) is 0 Å². The number of benzene rings is 1. The molecule has 1 aromatic carbocycles. The quantitative estimate of drug-likeness (QED) is 0.776. The molecule has 1 fully saturated rings. The van der Waals surface area contributed by atoms with Gasteiger partial charge in [-0.1, -0.05) is 17.7 Å². The van der Waals surface area contributed by atoms with Crippen LogP contribution in [0.3, 0.4) is 0 Å². The summed E-state index contributed by atoms with van der Waals surface area (Å²) in [5.74, 6) is 0.195. The number of rotatable bonds is 3. The zero-order chi connectivity index (χ0) is 12.3. The summed E-state index contributed by atoms with van der Waals surface area (Å²) in [6.07, 6.45) is -0.255. The van der Waals surface area contributed by atoms with E-state index in [1.54, 1.807) is 12.1 Å². The monoisotopic (exact) mass is 254 g/mol. The first-order valence-electron chi connectivity index (χ1n) is 5.64. The molecule has 0 radical (unpaired) electrons. The molecular formula is C13H15FO2S. The molecule has 2 atom stereocenters. The Balaban J connectivity index is 1.83. The van der Waals surface area contributed by atoms with Crippen molar-refractivity contribution in [2.24, 2.45) is 0 Å². The Bertz CT molecular complexity index is 391. The second kappa shape index (κ2) is 5.54. The minimum Gasteiger partial charge on any atom is -0.461 e. The van der Waals surface area contributed by atoms with Crippen molar-refractivity contribution in [2.75, 3.05) is 12.4 Å². The van der Waals surface area contributed by atoms with E-state index in [1.165, 1.54) is 11.8 Å². The number of carbonyl (C=O) groups excluding carboxylic acids is 1. The van der Waals surface area contributed by atoms with Crippen LogP contribution < -0.4 is 0 Å². The van der Waals surface area contributed by atoms with Gasteiger partial charge < -0.3 is 4.74 Å². The van der Waals surface area contributed by atoms with Crippen molar-refractivity contribution in [2.45, 2.75) is 24.8 Å². The first-order valence-corrected chi connectivity index (χ1v) is 6.69. The molecule has 0 unspecified atom stereocenters. The molecule has 0 aromatic heterocycles. The molecule has 0 N–H and O–H groups in total. The number of aryl methyl sites for hydroxylation is 1. The molecule has 0 bridgehead atoms. The summed E-state index contributed by atoms with van der Waals surface area (Å²) < 4.78 is 18.1. The lowest BCUT2D eigenvalue weighted by Crippen LogP contribution is -2.15. The predicted octanol–water partition coefficient (Wildman–Crippen LogP) is 3.00. The fourth-order valence-corrected chi connectivity index (χ4v) is 2.85. The van der Waals surface area contributed by atoms with Gasteiger partial charge in [-0.2, -0.15) is 11.8 Å².